The average molecular weight is 480 g/mol. The summed E-state index contributed by atoms with van der Waals surface area (Å²) in [4.78, 5) is 7.09. The van der Waals surface area contributed by atoms with E-state index in [0.29, 0.717) is 29.3 Å². The largest absolute Gasteiger partial charge is 0.495 e. The number of halogens is 1. The quantitative estimate of drug-likeness (QED) is 0.405. The molecule has 0 aliphatic heterocycles. The predicted molar refractivity (Wildman–Crippen MR) is 136 cm³/mol. The highest BCUT2D eigenvalue weighted by atomic mass is 35.5. The van der Waals surface area contributed by atoms with Gasteiger partial charge in [0.05, 0.1) is 29.4 Å². The molecule has 4 aromatic rings. The lowest BCUT2D eigenvalue weighted by Gasteiger charge is -2.19. The van der Waals surface area contributed by atoms with Gasteiger partial charge in [0.15, 0.2) is 11.5 Å². The number of aryl methyl sites for hydroxylation is 1. The minimum absolute atomic E-state index is 0.373. The minimum atomic E-state index is 0.373. The Morgan fingerprint density at radius 3 is 2.74 bits per heavy atom. The van der Waals surface area contributed by atoms with Crippen LogP contribution in [0.3, 0.4) is 0 Å². The topological polar surface area (TPSA) is 81.0 Å². The van der Waals surface area contributed by atoms with E-state index in [0.717, 1.165) is 58.3 Å². The van der Waals surface area contributed by atoms with Crippen molar-refractivity contribution < 1.29 is 4.74 Å². The summed E-state index contributed by atoms with van der Waals surface area (Å²) in [6.45, 7) is 3.39. The number of rotatable bonds is 7. The average Bonchev–Trinajstić information content (AvgIpc) is 3.50. The summed E-state index contributed by atoms with van der Waals surface area (Å²) < 4.78 is 7.19. The number of benzene rings is 1. The zero-order valence-corrected chi connectivity index (χ0v) is 20.8. The first-order valence-electron chi connectivity index (χ1n) is 11.7. The van der Waals surface area contributed by atoms with Crippen LogP contribution in [0.4, 0.5) is 5.82 Å². The molecule has 0 radical (unpaired) electrons. The highest BCUT2D eigenvalue weighted by Gasteiger charge is 2.30. The lowest BCUT2D eigenvalue weighted by molar-refractivity contribution is 0.296. The van der Waals surface area contributed by atoms with Crippen molar-refractivity contribution in [3.8, 4) is 5.75 Å². The van der Waals surface area contributed by atoms with Crippen molar-refractivity contribution in [1.29, 1.82) is 0 Å². The molecular weight excluding hydrogens is 450 g/mol. The van der Waals surface area contributed by atoms with Crippen LogP contribution in [0, 0.1) is 0 Å². The van der Waals surface area contributed by atoms with Gasteiger partial charge in [-0.1, -0.05) is 17.7 Å². The van der Waals surface area contributed by atoms with Crippen LogP contribution in [0.25, 0.3) is 21.8 Å². The van der Waals surface area contributed by atoms with E-state index < -0.39 is 0 Å². The zero-order chi connectivity index (χ0) is 23.8. The summed E-state index contributed by atoms with van der Waals surface area (Å²) in [5.74, 6) is 1.76. The molecular formula is C25H30ClN7O. The molecule has 34 heavy (non-hydrogen) atoms. The number of nitrogens with one attached hydrogen (secondary N) is 1. The van der Waals surface area contributed by atoms with Crippen molar-refractivity contribution in [2.75, 3.05) is 26.5 Å². The summed E-state index contributed by atoms with van der Waals surface area (Å²) >= 11 is 6.33. The van der Waals surface area contributed by atoms with Gasteiger partial charge in [-0.25, -0.2) is 9.67 Å². The van der Waals surface area contributed by atoms with Gasteiger partial charge in [-0.15, -0.1) is 5.10 Å². The van der Waals surface area contributed by atoms with E-state index in [-0.39, 0.29) is 0 Å². The van der Waals surface area contributed by atoms with Crippen molar-refractivity contribution in [3.63, 3.8) is 0 Å². The number of pyridine rings is 1. The second kappa shape index (κ2) is 9.35. The second-order valence-corrected chi connectivity index (χ2v) is 9.54. The third-order valence-electron chi connectivity index (χ3n) is 6.93. The first kappa shape index (κ1) is 22.8. The van der Waals surface area contributed by atoms with Crippen LogP contribution in [-0.2, 0) is 13.1 Å². The molecule has 5 rings (SSSR count). The Bertz CT molecular complexity index is 1340. The van der Waals surface area contributed by atoms with Crippen LogP contribution in [-0.4, -0.2) is 57.1 Å². The fourth-order valence-electron chi connectivity index (χ4n) is 5.02. The van der Waals surface area contributed by atoms with Gasteiger partial charge in [0.1, 0.15) is 5.75 Å². The van der Waals surface area contributed by atoms with Crippen molar-refractivity contribution >= 4 is 39.2 Å². The van der Waals surface area contributed by atoms with E-state index in [9.17, 15) is 0 Å². The molecule has 3 heterocycles. The standard InChI is InChI=1S/C25H30ClN7O/c1-5-33-25-19(14-29-33)22-18(13-28-25)23(16-7-8-17(11-16)32(2)3)30-31-24(22)27-12-15-6-9-21(34-4)20(26)10-15/h6,9-10,13-14,16-17H,5,7-8,11-12H2,1-4H3,(H,27,31). The molecule has 1 fully saturated rings. The van der Waals surface area contributed by atoms with Gasteiger partial charge in [-0.05, 0) is 58.0 Å². The first-order valence-corrected chi connectivity index (χ1v) is 12.1. The maximum absolute atomic E-state index is 6.33. The molecule has 8 nitrogen and oxygen atoms in total. The number of hydrogen-bond acceptors (Lipinski definition) is 7. The summed E-state index contributed by atoms with van der Waals surface area (Å²) in [5, 5.41) is 21.1. The molecule has 1 aliphatic carbocycles. The van der Waals surface area contributed by atoms with Gasteiger partial charge in [0, 0.05) is 42.0 Å². The van der Waals surface area contributed by atoms with Crippen LogP contribution >= 0.6 is 11.6 Å². The first-order chi connectivity index (χ1) is 16.5. The molecule has 9 heteroatoms. The second-order valence-electron chi connectivity index (χ2n) is 9.13. The molecule has 1 aromatic carbocycles. The Morgan fingerprint density at radius 2 is 2.03 bits per heavy atom. The van der Waals surface area contributed by atoms with Crippen LogP contribution in [0.1, 0.15) is 43.4 Å². The van der Waals surface area contributed by atoms with Crippen LogP contribution in [0.5, 0.6) is 5.75 Å². The van der Waals surface area contributed by atoms with Crippen molar-refractivity contribution in [2.24, 2.45) is 0 Å². The Kier molecular flexibility index (Phi) is 6.27. The number of fused-ring (bicyclic) bond motifs is 3. The third kappa shape index (κ3) is 4.05. The van der Waals surface area contributed by atoms with E-state index in [1.54, 1.807) is 7.11 Å². The molecule has 3 aromatic heterocycles. The molecule has 0 bridgehead atoms. The molecule has 0 saturated heterocycles. The normalized spacial score (nSPS) is 18.3. The van der Waals surface area contributed by atoms with Crippen molar-refractivity contribution in [3.05, 3.63) is 46.9 Å². The monoisotopic (exact) mass is 479 g/mol. The van der Waals surface area contributed by atoms with Crippen LogP contribution in [0.2, 0.25) is 5.02 Å². The van der Waals surface area contributed by atoms with Crippen molar-refractivity contribution in [2.45, 2.75) is 51.2 Å². The summed E-state index contributed by atoms with van der Waals surface area (Å²) in [6, 6.07) is 6.34. The van der Waals surface area contributed by atoms with E-state index >= 15 is 0 Å². The van der Waals surface area contributed by atoms with Gasteiger partial charge in [0.25, 0.3) is 0 Å². The van der Waals surface area contributed by atoms with E-state index in [2.05, 4.69) is 41.4 Å². The summed E-state index contributed by atoms with van der Waals surface area (Å²) in [6.07, 6.45) is 7.21. The Balaban J connectivity index is 1.56. The van der Waals surface area contributed by atoms with Crippen LogP contribution < -0.4 is 10.1 Å². The number of aromatic nitrogens is 5. The maximum Gasteiger partial charge on any atom is 0.158 e. The lowest BCUT2D eigenvalue weighted by atomic mass is 9.98. The summed E-state index contributed by atoms with van der Waals surface area (Å²) in [5.41, 5.74) is 2.93. The molecule has 2 atom stereocenters. The molecule has 0 spiro atoms. The molecule has 1 aliphatic rings. The Hall–Kier alpha value is -2.97. The molecule has 1 saturated carbocycles. The van der Waals surface area contributed by atoms with E-state index in [1.165, 1.54) is 6.42 Å². The van der Waals surface area contributed by atoms with Crippen LogP contribution in [0.15, 0.2) is 30.6 Å². The van der Waals surface area contributed by atoms with Gasteiger partial charge in [-0.2, -0.15) is 10.2 Å². The zero-order valence-electron chi connectivity index (χ0n) is 20.0. The maximum atomic E-state index is 6.33. The highest BCUT2D eigenvalue weighted by molar-refractivity contribution is 6.32. The number of hydrogen-bond donors (Lipinski definition) is 1. The molecule has 178 valence electrons. The predicted octanol–water partition coefficient (Wildman–Crippen LogP) is 4.87. The SMILES string of the molecule is CCn1ncc2c3c(NCc4ccc(OC)c(Cl)c4)nnc(C4CCC(N(C)C)C4)c3cnc21. The lowest BCUT2D eigenvalue weighted by Crippen LogP contribution is -2.24. The molecule has 2 unspecified atom stereocenters. The fraction of sp³-hybridized carbons (Fsp3) is 0.440. The fourth-order valence-corrected chi connectivity index (χ4v) is 5.30. The number of ether oxygens (including phenoxy) is 1. The molecule has 1 N–H and O–H groups in total. The van der Waals surface area contributed by atoms with E-state index in [4.69, 9.17) is 26.4 Å². The van der Waals surface area contributed by atoms with Gasteiger partial charge < -0.3 is 15.0 Å². The third-order valence-corrected chi connectivity index (χ3v) is 7.23. The molecule has 0 amide bonds. The highest BCUT2D eigenvalue weighted by Crippen LogP contribution is 2.40. The van der Waals surface area contributed by atoms with Gasteiger partial charge in [0.2, 0.25) is 0 Å². The number of nitrogens with zero attached hydrogens (tertiary/aromatic N) is 6. The number of anilines is 1. The minimum Gasteiger partial charge on any atom is -0.495 e. The van der Waals surface area contributed by atoms with Gasteiger partial charge in [-0.3, -0.25) is 0 Å². The van der Waals surface area contributed by atoms with E-state index in [1.807, 2.05) is 35.3 Å². The van der Waals surface area contributed by atoms with Crippen molar-refractivity contribution in [1.82, 2.24) is 29.9 Å². The summed E-state index contributed by atoms with van der Waals surface area (Å²) in [7, 11) is 5.92. The van der Waals surface area contributed by atoms with Gasteiger partial charge >= 0.3 is 0 Å². The smallest absolute Gasteiger partial charge is 0.158 e. The number of methoxy groups -OCH3 is 1. The Labute approximate surface area is 204 Å². The Morgan fingerprint density at radius 1 is 1.18 bits per heavy atom.